The minimum atomic E-state index is -0.688. The third-order valence-electron chi connectivity index (χ3n) is 2.08. The van der Waals surface area contributed by atoms with Gasteiger partial charge in [0.15, 0.2) is 5.13 Å². The maximum absolute atomic E-state index is 10.7. The zero-order valence-corrected chi connectivity index (χ0v) is 9.74. The van der Waals surface area contributed by atoms with Crippen LogP contribution in [-0.2, 0) is 12.8 Å². The predicted octanol–water partition coefficient (Wildman–Crippen LogP) is 0.382. The maximum Gasteiger partial charge on any atom is 0.290 e. The van der Waals surface area contributed by atoms with Gasteiger partial charge in [-0.15, -0.1) is 11.3 Å². The lowest BCUT2D eigenvalue weighted by molar-refractivity contribution is 0.0987. The van der Waals surface area contributed by atoms with Crippen LogP contribution in [0.3, 0.4) is 0 Å². The van der Waals surface area contributed by atoms with Gasteiger partial charge in [-0.3, -0.25) is 4.79 Å². The van der Waals surface area contributed by atoms with Crippen LogP contribution in [0.5, 0.6) is 0 Å². The van der Waals surface area contributed by atoms with Gasteiger partial charge in [0.05, 0.1) is 5.69 Å². The number of nitrogen functional groups attached to an aromatic ring is 1. The number of aryl methyl sites for hydroxylation is 2. The molecule has 1 amide bonds. The molecule has 8 heteroatoms. The summed E-state index contributed by atoms with van der Waals surface area (Å²) in [6, 6.07) is 0. The quantitative estimate of drug-likeness (QED) is 0.794. The molecule has 2 heterocycles. The Morgan fingerprint density at radius 1 is 1.41 bits per heavy atom. The van der Waals surface area contributed by atoms with E-state index in [0.717, 1.165) is 18.5 Å². The Labute approximate surface area is 101 Å². The molecule has 4 N–H and O–H groups in total. The number of anilines is 1. The number of rotatable bonds is 5. The molecular formula is C9H11N5O2S. The number of primary amides is 1. The van der Waals surface area contributed by atoms with E-state index in [0.29, 0.717) is 17.4 Å². The Bertz CT molecular complexity index is 521. The monoisotopic (exact) mass is 253 g/mol. The highest BCUT2D eigenvalue weighted by Gasteiger charge is 2.10. The van der Waals surface area contributed by atoms with Crippen molar-refractivity contribution >= 4 is 22.4 Å². The number of nitrogens with two attached hydrogens (primary N) is 2. The van der Waals surface area contributed by atoms with Crippen LogP contribution in [-0.4, -0.2) is 21.0 Å². The molecule has 0 aliphatic carbocycles. The molecule has 0 aliphatic heterocycles. The number of nitrogens with zero attached hydrogens (tertiary/aromatic N) is 3. The summed E-state index contributed by atoms with van der Waals surface area (Å²) >= 11 is 1.41. The Hall–Kier alpha value is -1.96. The highest BCUT2D eigenvalue weighted by Crippen LogP contribution is 2.13. The second-order valence-electron chi connectivity index (χ2n) is 3.41. The molecule has 2 rings (SSSR count). The first kappa shape index (κ1) is 11.5. The van der Waals surface area contributed by atoms with Gasteiger partial charge in [-0.1, -0.05) is 5.16 Å². The lowest BCUT2D eigenvalue weighted by Crippen LogP contribution is -2.12. The third kappa shape index (κ3) is 3.00. The summed E-state index contributed by atoms with van der Waals surface area (Å²) < 4.78 is 4.86. The van der Waals surface area contributed by atoms with Crippen molar-refractivity contribution in [1.82, 2.24) is 15.1 Å². The topological polar surface area (TPSA) is 121 Å². The minimum absolute atomic E-state index is 0.0853. The summed E-state index contributed by atoms with van der Waals surface area (Å²) in [7, 11) is 0. The number of amides is 1. The molecule has 0 saturated carbocycles. The highest BCUT2D eigenvalue weighted by molar-refractivity contribution is 7.13. The van der Waals surface area contributed by atoms with Crippen molar-refractivity contribution in [1.29, 1.82) is 0 Å². The number of hydrogen-bond donors (Lipinski definition) is 2. The average Bonchev–Trinajstić information content (AvgIpc) is 2.88. The molecule has 2 aromatic rings. The van der Waals surface area contributed by atoms with Crippen LogP contribution in [0.2, 0.25) is 0 Å². The molecule has 7 nitrogen and oxygen atoms in total. The van der Waals surface area contributed by atoms with Crippen molar-refractivity contribution in [2.45, 2.75) is 19.3 Å². The fraction of sp³-hybridized carbons (Fsp3) is 0.333. The molecule has 17 heavy (non-hydrogen) atoms. The van der Waals surface area contributed by atoms with Crippen molar-refractivity contribution in [3.63, 3.8) is 0 Å². The van der Waals surface area contributed by atoms with Crippen LogP contribution in [0.4, 0.5) is 5.13 Å². The van der Waals surface area contributed by atoms with E-state index in [1.165, 1.54) is 11.3 Å². The predicted molar refractivity (Wildman–Crippen MR) is 61.4 cm³/mol. The lowest BCUT2D eigenvalue weighted by atomic mass is 10.2. The fourth-order valence-electron chi connectivity index (χ4n) is 1.31. The van der Waals surface area contributed by atoms with Gasteiger partial charge in [-0.25, -0.2) is 4.98 Å². The molecule has 0 radical (unpaired) electrons. The van der Waals surface area contributed by atoms with Gasteiger partial charge in [0.1, 0.15) is 0 Å². The second kappa shape index (κ2) is 4.91. The van der Waals surface area contributed by atoms with Crippen LogP contribution in [0.15, 0.2) is 9.90 Å². The van der Waals surface area contributed by atoms with Gasteiger partial charge >= 0.3 is 0 Å². The highest BCUT2D eigenvalue weighted by atomic mass is 32.1. The summed E-state index contributed by atoms with van der Waals surface area (Å²) in [5.74, 6) is -0.368. The summed E-state index contributed by atoms with van der Waals surface area (Å²) in [5, 5.41) is 5.93. The summed E-state index contributed by atoms with van der Waals surface area (Å²) in [6.07, 6.45) is 2.16. The van der Waals surface area contributed by atoms with Gasteiger partial charge in [0.2, 0.25) is 5.89 Å². The Morgan fingerprint density at radius 2 is 2.24 bits per heavy atom. The molecule has 0 aromatic carbocycles. The lowest BCUT2D eigenvalue weighted by Gasteiger charge is -1.93. The van der Waals surface area contributed by atoms with E-state index in [1.54, 1.807) is 0 Å². The number of thiazole rings is 1. The van der Waals surface area contributed by atoms with Gasteiger partial charge in [-0.05, 0) is 12.8 Å². The normalized spacial score (nSPS) is 10.6. The largest absolute Gasteiger partial charge is 0.375 e. The number of hydrogen-bond acceptors (Lipinski definition) is 7. The molecule has 2 aromatic heterocycles. The van der Waals surface area contributed by atoms with E-state index >= 15 is 0 Å². The van der Waals surface area contributed by atoms with Crippen LogP contribution in [0.25, 0.3) is 0 Å². The second-order valence-corrected chi connectivity index (χ2v) is 4.30. The molecule has 0 spiro atoms. The molecule has 90 valence electrons. The van der Waals surface area contributed by atoms with E-state index in [1.807, 2.05) is 5.38 Å². The molecule has 0 atom stereocenters. The first-order valence-corrected chi connectivity index (χ1v) is 5.85. The smallest absolute Gasteiger partial charge is 0.290 e. The average molecular weight is 253 g/mol. The van der Waals surface area contributed by atoms with Crippen LogP contribution >= 0.6 is 11.3 Å². The maximum atomic E-state index is 10.7. The van der Waals surface area contributed by atoms with Gasteiger partial charge in [0.25, 0.3) is 11.7 Å². The van der Waals surface area contributed by atoms with E-state index in [4.69, 9.17) is 16.0 Å². The first-order chi connectivity index (χ1) is 8.15. The molecule has 0 saturated heterocycles. The number of carbonyl (C=O) groups excluding carboxylic acids is 1. The Morgan fingerprint density at radius 3 is 2.82 bits per heavy atom. The molecule has 0 fully saturated rings. The first-order valence-electron chi connectivity index (χ1n) is 4.97. The zero-order chi connectivity index (χ0) is 12.3. The van der Waals surface area contributed by atoms with Crippen molar-refractivity contribution in [2.24, 2.45) is 5.73 Å². The summed E-state index contributed by atoms with van der Waals surface area (Å²) in [5.41, 5.74) is 11.5. The van der Waals surface area contributed by atoms with E-state index in [9.17, 15) is 4.79 Å². The Balaban J connectivity index is 1.83. The molecule has 0 unspecified atom stereocenters. The summed E-state index contributed by atoms with van der Waals surface area (Å²) in [4.78, 5) is 18.7. The fourth-order valence-corrected chi connectivity index (χ4v) is 1.91. The van der Waals surface area contributed by atoms with Crippen LogP contribution < -0.4 is 11.5 Å². The summed E-state index contributed by atoms with van der Waals surface area (Å²) in [6.45, 7) is 0. The van der Waals surface area contributed by atoms with Gasteiger partial charge in [0, 0.05) is 11.8 Å². The van der Waals surface area contributed by atoms with Crippen molar-refractivity contribution in [3.05, 3.63) is 22.8 Å². The van der Waals surface area contributed by atoms with E-state index < -0.39 is 5.91 Å². The van der Waals surface area contributed by atoms with Crippen molar-refractivity contribution in [2.75, 3.05) is 5.73 Å². The zero-order valence-electron chi connectivity index (χ0n) is 8.92. The van der Waals surface area contributed by atoms with Crippen LogP contribution in [0, 0.1) is 0 Å². The molecule has 0 bridgehead atoms. The van der Waals surface area contributed by atoms with Gasteiger partial charge < -0.3 is 16.0 Å². The van der Waals surface area contributed by atoms with Crippen LogP contribution in [0.1, 0.15) is 28.6 Å². The molecule has 0 aliphatic rings. The molecular weight excluding hydrogens is 242 g/mol. The third-order valence-corrected chi connectivity index (χ3v) is 2.80. The van der Waals surface area contributed by atoms with Crippen molar-refractivity contribution < 1.29 is 9.32 Å². The SMILES string of the molecule is NC(=O)c1noc(CCCc2csc(N)n2)n1. The minimum Gasteiger partial charge on any atom is -0.375 e. The Kier molecular flexibility index (Phi) is 3.33. The van der Waals surface area contributed by atoms with E-state index in [-0.39, 0.29) is 5.82 Å². The van der Waals surface area contributed by atoms with E-state index in [2.05, 4.69) is 15.1 Å². The number of carbonyl (C=O) groups is 1. The number of aromatic nitrogens is 3. The standard InChI is InChI=1S/C9H11N5O2S/c10-7(15)8-13-6(16-14-8)3-1-2-5-4-17-9(11)12-5/h4H,1-3H2,(H2,10,15)(H2,11,12). The van der Waals surface area contributed by atoms with Gasteiger partial charge in [-0.2, -0.15) is 4.98 Å². The van der Waals surface area contributed by atoms with Crippen molar-refractivity contribution in [3.8, 4) is 0 Å².